The molecule has 1 atom stereocenters. The Morgan fingerprint density at radius 2 is 2.22 bits per heavy atom. The lowest BCUT2D eigenvalue weighted by molar-refractivity contribution is 0.0979. The predicted octanol–water partition coefficient (Wildman–Crippen LogP) is 2.94. The van der Waals surface area contributed by atoms with Gasteiger partial charge in [0.1, 0.15) is 0 Å². The van der Waals surface area contributed by atoms with Crippen LogP contribution >= 0.6 is 0 Å². The van der Waals surface area contributed by atoms with Gasteiger partial charge in [-0.25, -0.2) is 0 Å². The molecule has 0 aliphatic heterocycles. The monoisotopic (exact) mass is 242 g/mol. The van der Waals surface area contributed by atoms with Gasteiger partial charge in [-0.3, -0.25) is 9.78 Å². The average molecular weight is 242 g/mol. The van der Waals surface area contributed by atoms with Gasteiger partial charge in [0.05, 0.1) is 5.52 Å². The third-order valence-corrected chi connectivity index (χ3v) is 2.99. The third kappa shape index (κ3) is 3.14. The zero-order valence-corrected chi connectivity index (χ0v) is 10.6. The van der Waals surface area contributed by atoms with Gasteiger partial charge in [0.2, 0.25) is 0 Å². The fraction of sp³-hybridized carbons (Fsp3) is 0.333. The number of rotatable bonds is 5. The second kappa shape index (κ2) is 5.74. The van der Waals surface area contributed by atoms with Crippen LogP contribution in [0.25, 0.3) is 10.9 Å². The molecule has 2 N–H and O–H groups in total. The van der Waals surface area contributed by atoms with Gasteiger partial charge < -0.3 is 5.73 Å². The highest BCUT2D eigenvalue weighted by Crippen LogP contribution is 2.15. The largest absolute Gasteiger partial charge is 0.328 e. The molecule has 1 unspecified atom stereocenters. The molecule has 0 spiro atoms. The number of ketones is 1. The van der Waals surface area contributed by atoms with E-state index in [-0.39, 0.29) is 11.8 Å². The molecular weight excluding hydrogens is 224 g/mol. The molecule has 3 heteroatoms. The highest BCUT2D eigenvalue weighted by Gasteiger charge is 2.07. The van der Waals surface area contributed by atoms with E-state index in [1.165, 1.54) is 0 Å². The van der Waals surface area contributed by atoms with Crippen LogP contribution in [0.5, 0.6) is 0 Å². The molecule has 0 aliphatic carbocycles. The van der Waals surface area contributed by atoms with Crippen LogP contribution in [0.15, 0.2) is 36.5 Å². The Morgan fingerprint density at radius 1 is 1.39 bits per heavy atom. The number of hydrogen-bond donors (Lipinski definition) is 1. The van der Waals surface area contributed by atoms with E-state index in [4.69, 9.17) is 5.73 Å². The van der Waals surface area contributed by atoms with Crippen LogP contribution in [0, 0.1) is 0 Å². The summed E-state index contributed by atoms with van der Waals surface area (Å²) in [4.78, 5) is 16.3. The first-order valence-corrected chi connectivity index (χ1v) is 6.30. The van der Waals surface area contributed by atoms with Crippen molar-refractivity contribution >= 4 is 16.7 Å². The van der Waals surface area contributed by atoms with Gasteiger partial charge in [-0.15, -0.1) is 0 Å². The van der Waals surface area contributed by atoms with Crippen molar-refractivity contribution in [2.45, 2.75) is 32.2 Å². The van der Waals surface area contributed by atoms with Gasteiger partial charge in [-0.2, -0.15) is 0 Å². The highest BCUT2D eigenvalue weighted by atomic mass is 16.1. The summed E-state index contributed by atoms with van der Waals surface area (Å²) in [6, 6.07) is 9.73. The van der Waals surface area contributed by atoms with Crippen molar-refractivity contribution in [2.75, 3.05) is 0 Å². The lowest BCUT2D eigenvalue weighted by Gasteiger charge is -2.05. The van der Waals surface area contributed by atoms with Gasteiger partial charge in [0, 0.05) is 29.6 Å². The van der Waals surface area contributed by atoms with Crippen molar-refractivity contribution in [2.24, 2.45) is 5.73 Å². The van der Waals surface area contributed by atoms with Crippen LogP contribution in [-0.4, -0.2) is 16.8 Å². The molecule has 3 nitrogen and oxygen atoms in total. The number of pyridine rings is 1. The Labute approximate surface area is 107 Å². The minimum atomic E-state index is 0.163. The van der Waals surface area contributed by atoms with E-state index in [1.54, 1.807) is 6.20 Å². The Hall–Kier alpha value is -1.74. The Bertz CT molecular complexity index is 549. The zero-order valence-electron chi connectivity index (χ0n) is 10.6. The molecule has 0 saturated carbocycles. The fourth-order valence-electron chi connectivity index (χ4n) is 1.97. The van der Waals surface area contributed by atoms with Gasteiger partial charge in [0.15, 0.2) is 5.78 Å². The molecule has 1 aromatic carbocycles. The summed E-state index contributed by atoms with van der Waals surface area (Å²) in [6.07, 6.45) is 4.03. The van der Waals surface area contributed by atoms with Gasteiger partial charge in [0.25, 0.3) is 0 Å². The molecular formula is C15H18N2O. The van der Waals surface area contributed by atoms with Crippen molar-refractivity contribution in [1.29, 1.82) is 0 Å². The van der Waals surface area contributed by atoms with E-state index >= 15 is 0 Å². The fourth-order valence-corrected chi connectivity index (χ4v) is 1.97. The number of nitrogens with zero attached hydrogens (tertiary/aromatic N) is 1. The number of Topliss-reactive ketones (excluding diaryl/α,β-unsaturated/α-hetero) is 1. The molecule has 94 valence electrons. The average Bonchev–Trinajstić information content (AvgIpc) is 2.37. The topological polar surface area (TPSA) is 56.0 Å². The van der Waals surface area contributed by atoms with Gasteiger partial charge >= 0.3 is 0 Å². The second-order valence-electron chi connectivity index (χ2n) is 4.70. The summed E-state index contributed by atoms with van der Waals surface area (Å²) in [5, 5.41) is 1.06. The van der Waals surface area contributed by atoms with Crippen molar-refractivity contribution in [1.82, 2.24) is 4.98 Å². The van der Waals surface area contributed by atoms with E-state index in [9.17, 15) is 4.79 Å². The number of hydrogen-bond acceptors (Lipinski definition) is 3. The molecule has 2 rings (SSSR count). The van der Waals surface area contributed by atoms with E-state index in [0.29, 0.717) is 6.42 Å². The Balaban J connectivity index is 2.08. The van der Waals surface area contributed by atoms with Crippen LogP contribution in [0.4, 0.5) is 0 Å². The maximum Gasteiger partial charge on any atom is 0.162 e. The standard InChI is InChI=1S/C15H18N2O/c1-11(16)4-2-6-15(18)13-8-7-12-5-3-9-17-14(12)10-13/h3,5,7-11H,2,4,6,16H2,1H3. The second-order valence-corrected chi connectivity index (χ2v) is 4.70. The van der Waals surface area contributed by atoms with Crippen molar-refractivity contribution in [3.8, 4) is 0 Å². The minimum absolute atomic E-state index is 0.163. The lowest BCUT2D eigenvalue weighted by Crippen LogP contribution is -2.14. The summed E-state index contributed by atoms with van der Waals surface area (Å²) < 4.78 is 0. The maximum atomic E-state index is 12.0. The van der Waals surface area contributed by atoms with Crippen molar-refractivity contribution in [3.63, 3.8) is 0 Å². The van der Waals surface area contributed by atoms with Gasteiger partial charge in [-0.05, 0) is 31.9 Å². The quantitative estimate of drug-likeness (QED) is 0.820. The number of nitrogens with two attached hydrogens (primary N) is 1. The van der Waals surface area contributed by atoms with E-state index in [2.05, 4.69) is 4.98 Å². The molecule has 0 aliphatic rings. The molecule has 1 aromatic heterocycles. The first-order valence-electron chi connectivity index (χ1n) is 6.30. The molecule has 2 aromatic rings. The number of fused-ring (bicyclic) bond motifs is 1. The van der Waals surface area contributed by atoms with E-state index in [0.717, 1.165) is 29.3 Å². The molecule has 0 fully saturated rings. The summed E-state index contributed by atoms with van der Waals surface area (Å²) in [5.41, 5.74) is 7.28. The van der Waals surface area contributed by atoms with Crippen LogP contribution in [0.1, 0.15) is 36.5 Å². The summed E-state index contributed by atoms with van der Waals surface area (Å²) in [6.45, 7) is 1.96. The highest BCUT2D eigenvalue weighted by molar-refractivity contribution is 5.99. The first-order chi connectivity index (χ1) is 8.66. The van der Waals surface area contributed by atoms with E-state index in [1.807, 2.05) is 37.3 Å². The number of benzene rings is 1. The molecule has 0 amide bonds. The summed E-state index contributed by atoms with van der Waals surface area (Å²) >= 11 is 0. The summed E-state index contributed by atoms with van der Waals surface area (Å²) in [7, 11) is 0. The smallest absolute Gasteiger partial charge is 0.162 e. The Kier molecular flexibility index (Phi) is 4.05. The predicted molar refractivity (Wildman–Crippen MR) is 73.6 cm³/mol. The number of aromatic nitrogens is 1. The SMILES string of the molecule is CC(N)CCCC(=O)c1ccc2cccnc2c1. The minimum Gasteiger partial charge on any atom is -0.328 e. The molecule has 18 heavy (non-hydrogen) atoms. The van der Waals surface area contributed by atoms with E-state index < -0.39 is 0 Å². The zero-order chi connectivity index (χ0) is 13.0. The molecule has 0 saturated heterocycles. The van der Waals surface area contributed by atoms with Crippen molar-refractivity contribution in [3.05, 3.63) is 42.1 Å². The lowest BCUT2D eigenvalue weighted by atomic mass is 10.0. The Morgan fingerprint density at radius 3 is 3.00 bits per heavy atom. The maximum absolute atomic E-state index is 12.0. The molecule has 0 radical (unpaired) electrons. The van der Waals surface area contributed by atoms with Crippen LogP contribution in [0.3, 0.4) is 0 Å². The first kappa shape index (κ1) is 12.7. The summed E-state index contributed by atoms with van der Waals surface area (Å²) in [5.74, 6) is 0.170. The number of carbonyl (C=O) groups excluding carboxylic acids is 1. The van der Waals surface area contributed by atoms with Crippen LogP contribution in [-0.2, 0) is 0 Å². The van der Waals surface area contributed by atoms with Crippen LogP contribution in [0.2, 0.25) is 0 Å². The van der Waals surface area contributed by atoms with Gasteiger partial charge in [-0.1, -0.05) is 18.2 Å². The van der Waals surface area contributed by atoms with Crippen molar-refractivity contribution < 1.29 is 4.79 Å². The molecule has 0 bridgehead atoms. The third-order valence-electron chi connectivity index (χ3n) is 2.99. The van der Waals surface area contributed by atoms with Crippen LogP contribution < -0.4 is 5.73 Å². The number of carbonyl (C=O) groups is 1. The molecule has 1 heterocycles. The normalized spacial score (nSPS) is 12.6.